The molecule has 2 heterocycles. The number of piperidine rings is 1. The molecule has 2 unspecified atom stereocenters. The van der Waals surface area contributed by atoms with Crippen LogP contribution in [0.15, 0.2) is 0 Å². The van der Waals surface area contributed by atoms with Gasteiger partial charge in [-0.3, -0.25) is 4.79 Å². The first-order chi connectivity index (χ1) is 8.39. The molecule has 0 radical (unpaired) electrons. The van der Waals surface area contributed by atoms with E-state index in [9.17, 15) is 18.3 Å². The summed E-state index contributed by atoms with van der Waals surface area (Å²) in [6.45, 7) is 1.27. The zero-order chi connectivity index (χ0) is 13.3. The fourth-order valence-electron chi connectivity index (χ4n) is 2.70. The molecule has 7 heteroatoms. The summed E-state index contributed by atoms with van der Waals surface area (Å²) in [5, 5.41) is 9.45. The van der Waals surface area contributed by atoms with Crippen molar-refractivity contribution in [1.82, 2.24) is 9.21 Å². The zero-order valence-corrected chi connectivity index (χ0v) is 11.4. The summed E-state index contributed by atoms with van der Waals surface area (Å²) < 4.78 is 24.7. The van der Waals surface area contributed by atoms with Crippen LogP contribution in [0.4, 0.5) is 0 Å². The van der Waals surface area contributed by atoms with Crippen molar-refractivity contribution in [3.8, 4) is 0 Å². The Morgan fingerprint density at radius 3 is 2.50 bits per heavy atom. The topological polar surface area (TPSA) is 77.9 Å². The Labute approximate surface area is 108 Å². The molecule has 1 N–H and O–H groups in total. The highest BCUT2D eigenvalue weighted by Crippen LogP contribution is 2.23. The van der Waals surface area contributed by atoms with Gasteiger partial charge in [0.25, 0.3) is 0 Å². The third-order valence-electron chi connectivity index (χ3n) is 3.64. The van der Waals surface area contributed by atoms with Crippen LogP contribution in [0.3, 0.4) is 0 Å². The SMILES string of the molecule is CS(=O)(=O)N1CCCCC1C(=O)N1CCC(O)C1. The molecule has 0 aromatic rings. The van der Waals surface area contributed by atoms with Crippen LogP contribution in [0.25, 0.3) is 0 Å². The second-order valence-electron chi connectivity index (χ2n) is 5.11. The number of carbonyl (C=O) groups excluding carboxylic acids is 1. The number of sulfonamides is 1. The van der Waals surface area contributed by atoms with Gasteiger partial charge < -0.3 is 10.0 Å². The number of rotatable bonds is 2. The number of hydrogen-bond donors (Lipinski definition) is 1. The molecule has 1 amide bonds. The monoisotopic (exact) mass is 276 g/mol. The van der Waals surface area contributed by atoms with Crippen molar-refractivity contribution in [1.29, 1.82) is 0 Å². The number of carbonyl (C=O) groups is 1. The number of likely N-dealkylation sites (tertiary alicyclic amines) is 1. The van der Waals surface area contributed by atoms with E-state index in [1.165, 1.54) is 4.31 Å². The summed E-state index contributed by atoms with van der Waals surface area (Å²) in [6.07, 6.45) is 3.52. The summed E-state index contributed by atoms with van der Waals surface area (Å²) in [5.41, 5.74) is 0. The van der Waals surface area contributed by atoms with Crippen molar-refractivity contribution in [2.45, 2.75) is 37.8 Å². The van der Waals surface area contributed by atoms with E-state index in [1.807, 2.05) is 0 Å². The summed E-state index contributed by atoms with van der Waals surface area (Å²) >= 11 is 0. The van der Waals surface area contributed by atoms with Gasteiger partial charge in [-0.1, -0.05) is 6.42 Å². The number of β-amino-alcohol motifs (C(OH)–C–C–N with tert-alkyl or cyclic N) is 1. The molecule has 2 fully saturated rings. The maximum absolute atomic E-state index is 12.3. The molecular formula is C11H20N2O4S. The van der Waals surface area contributed by atoms with Gasteiger partial charge in [-0.25, -0.2) is 8.42 Å². The zero-order valence-electron chi connectivity index (χ0n) is 10.6. The highest BCUT2D eigenvalue weighted by Gasteiger charge is 2.38. The Bertz CT molecular complexity index is 423. The Hall–Kier alpha value is -0.660. The molecule has 0 spiro atoms. The van der Waals surface area contributed by atoms with E-state index in [0.717, 1.165) is 19.1 Å². The smallest absolute Gasteiger partial charge is 0.241 e. The van der Waals surface area contributed by atoms with Gasteiger partial charge >= 0.3 is 0 Å². The number of aliphatic hydroxyl groups is 1. The molecule has 0 bridgehead atoms. The van der Waals surface area contributed by atoms with Gasteiger partial charge in [-0.15, -0.1) is 0 Å². The van der Waals surface area contributed by atoms with Crippen molar-refractivity contribution in [2.24, 2.45) is 0 Å². The predicted octanol–water partition coefficient (Wildman–Crippen LogP) is -0.606. The third-order valence-corrected chi connectivity index (χ3v) is 4.93. The van der Waals surface area contributed by atoms with Gasteiger partial charge in [0.05, 0.1) is 12.4 Å². The lowest BCUT2D eigenvalue weighted by Gasteiger charge is -2.34. The summed E-state index contributed by atoms with van der Waals surface area (Å²) in [5.74, 6) is -0.156. The van der Waals surface area contributed by atoms with Gasteiger partial charge in [0.15, 0.2) is 0 Å². The maximum atomic E-state index is 12.3. The second-order valence-corrected chi connectivity index (χ2v) is 7.05. The first kappa shape index (κ1) is 13.8. The standard InChI is InChI=1S/C11H20N2O4S/c1-18(16,17)13-6-3-2-4-10(13)11(15)12-7-5-9(14)8-12/h9-10,14H,2-8H2,1H3. The van der Waals surface area contributed by atoms with E-state index in [0.29, 0.717) is 32.5 Å². The van der Waals surface area contributed by atoms with Crippen molar-refractivity contribution in [3.63, 3.8) is 0 Å². The lowest BCUT2D eigenvalue weighted by molar-refractivity contribution is -0.135. The van der Waals surface area contributed by atoms with Crippen LogP contribution in [0, 0.1) is 0 Å². The molecule has 2 saturated heterocycles. The lowest BCUT2D eigenvalue weighted by atomic mass is 10.0. The van der Waals surface area contributed by atoms with Crippen LogP contribution >= 0.6 is 0 Å². The van der Waals surface area contributed by atoms with E-state index in [4.69, 9.17) is 0 Å². The number of aliphatic hydroxyl groups excluding tert-OH is 1. The van der Waals surface area contributed by atoms with Gasteiger partial charge in [-0.05, 0) is 19.3 Å². The molecule has 18 heavy (non-hydrogen) atoms. The Morgan fingerprint density at radius 1 is 1.22 bits per heavy atom. The largest absolute Gasteiger partial charge is 0.391 e. The molecule has 0 saturated carbocycles. The number of amides is 1. The van der Waals surface area contributed by atoms with E-state index in [1.54, 1.807) is 4.90 Å². The molecular weight excluding hydrogens is 256 g/mol. The average molecular weight is 276 g/mol. The molecule has 0 aromatic carbocycles. The van der Waals surface area contributed by atoms with Crippen molar-refractivity contribution >= 4 is 15.9 Å². The Kier molecular flexibility index (Phi) is 3.93. The van der Waals surface area contributed by atoms with Crippen molar-refractivity contribution in [2.75, 3.05) is 25.9 Å². The second kappa shape index (κ2) is 5.14. The first-order valence-electron chi connectivity index (χ1n) is 6.33. The minimum atomic E-state index is -3.34. The molecule has 0 aliphatic carbocycles. The lowest BCUT2D eigenvalue weighted by Crippen LogP contribution is -2.52. The fraction of sp³-hybridized carbons (Fsp3) is 0.909. The Balaban J connectivity index is 2.11. The van der Waals surface area contributed by atoms with Crippen LogP contribution in [-0.4, -0.2) is 66.7 Å². The predicted molar refractivity (Wildman–Crippen MR) is 66.4 cm³/mol. The number of hydrogen-bond acceptors (Lipinski definition) is 4. The van der Waals surface area contributed by atoms with Gasteiger partial charge in [-0.2, -0.15) is 4.31 Å². The molecule has 2 aliphatic heterocycles. The van der Waals surface area contributed by atoms with E-state index < -0.39 is 22.2 Å². The van der Waals surface area contributed by atoms with Crippen LogP contribution in [0.2, 0.25) is 0 Å². The summed E-state index contributed by atoms with van der Waals surface area (Å²) in [7, 11) is -3.34. The molecule has 2 rings (SSSR count). The summed E-state index contributed by atoms with van der Waals surface area (Å²) in [4.78, 5) is 13.9. The van der Waals surface area contributed by atoms with Gasteiger partial charge in [0, 0.05) is 19.6 Å². The maximum Gasteiger partial charge on any atom is 0.241 e. The van der Waals surface area contributed by atoms with Crippen LogP contribution in [0.1, 0.15) is 25.7 Å². The van der Waals surface area contributed by atoms with Crippen molar-refractivity contribution in [3.05, 3.63) is 0 Å². The Morgan fingerprint density at radius 2 is 1.94 bits per heavy atom. The van der Waals surface area contributed by atoms with Gasteiger partial charge in [0.2, 0.25) is 15.9 Å². The molecule has 6 nitrogen and oxygen atoms in total. The average Bonchev–Trinajstić information content (AvgIpc) is 2.74. The summed E-state index contributed by atoms with van der Waals surface area (Å²) in [6, 6.07) is -0.570. The van der Waals surface area contributed by atoms with E-state index in [2.05, 4.69) is 0 Å². The van der Waals surface area contributed by atoms with E-state index >= 15 is 0 Å². The molecule has 0 aromatic heterocycles. The van der Waals surface area contributed by atoms with E-state index in [-0.39, 0.29) is 5.91 Å². The minimum Gasteiger partial charge on any atom is -0.391 e. The molecule has 2 atom stereocenters. The quantitative estimate of drug-likeness (QED) is 0.730. The van der Waals surface area contributed by atoms with Crippen LogP contribution in [0.5, 0.6) is 0 Å². The van der Waals surface area contributed by atoms with Crippen molar-refractivity contribution < 1.29 is 18.3 Å². The molecule has 2 aliphatic rings. The third kappa shape index (κ3) is 2.84. The van der Waals surface area contributed by atoms with Crippen LogP contribution < -0.4 is 0 Å². The minimum absolute atomic E-state index is 0.156. The fourth-order valence-corrected chi connectivity index (χ4v) is 3.82. The van der Waals surface area contributed by atoms with Crippen LogP contribution in [-0.2, 0) is 14.8 Å². The highest BCUT2D eigenvalue weighted by molar-refractivity contribution is 7.88. The molecule has 104 valence electrons. The number of nitrogens with zero attached hydrogens (tertiary/aromatic N) is 2. The van der Waals surface area contributed by atoms with Gasteiger partial charge in [0.1, 0.15) is 6.04 Å². The first-order valence-corrected chi connectivity index (χ1v) is 8.18. The highest BCUT2D eigenvalue weighted by atomic mass is 32.2. The normalized spacial score (nSPS) is 30.7.